The van der Waals surface area contributed by atoms with Crippen LogP contribution in [0.4, 0.5) is 0 Å². The van der Waals surface area contributed by atoms with Gasteiger partial charge in [-0.1, -0.05) is 0 Å². The first-order valence-corrected chi connectivity index (χ1v) is 3.45. The first kappa shape index (κ1) is 9.43. The molecule has 10 heavy (non-hydrogen) atoms. The van der Waals surface area contributed by atoms with Crippen LogP contribution in [0.3, 0.4) is 0 Å². The molecule has 0 rings (SSSR count). The monoisotopic (exact) mass is 137 g/mol. The van der Waals surface area contributed by atoms with Gasteiger partial charge in [-0.3, -0.25) is 0 Å². The number of rotatable bonds is 5. The van der Waals surface area contributed by atoms with Crippen molar-refractivity contribution in [2.45, 2.75) is 19.9 Å². The summed E-state index contributed by atoms with van der Waals surface area (Å²) in [6.07, 6.45) is 0. The minimum atomic E-state index is 0.297. The Morgan fingerprint density at radius 1 is 1.60 bits per heavy atom. The van der Waals surface area contributed by atoms with Crippen molar-refractivity contribution in [2.24, 2.45) is 10.1 Å². The lowest BCUT2D eigenvalue weighted by molar-refractivity contribution is 0.788. The molecular weight excluding hydrogens is 124 g/mol. The molecule has 1 N–H and O–H groups in total. The molecule has 0 atom stereocenters. The van der Waals surface area contributed by atoms with Gasteiger partial charge in [0.1, 0.15) is 0 Å². The van der Waals surface area contributed by atoms with E-state index in [1.54, 1.807) is 5.98 Å². The minimum Gasteiger partial charge on any atom is -0.378 e. The normalized spacial score (nSPS) is 10.3. The fourth-order valence-corrected chi connectivity index (χ4v) is 0.421. The van der Waals surface area contributed by atoms with E-state index >= 15 is 0 Å². The van der Waals surface area contributed by atoms with Gasteiger partial charge < -0.3 is 5.14 Å². The fraction of sp³-hybridized carbons (Fsp3) is 0.600. The van der Waals surface area contributed by atoms with Crippen molar-refractivity contribution in [3.05, 3.63) is 12.6 Å². The van der Waals surface area contributed by atoms with Crippen LogP contribution >= 0.6 is 0 Å². The van der Waals surface area contributed by atoms with E-state index in [2.05, 4.69) is 21.9 Å². The lowest BCUT2D eigenvalue weighted by Crippen LogP contribution is -2.20. The van der Waals surface area contributed by atoms with Crippen molar-refractivity contribution in [2.75, 3.05) is 0 Å². The van der Waals surface area contributed by atoms with Crippen LogP contribution in [0.2, 0.25) is 0 Å². The molecule has 0 amide bonds. The van der Waals surface area contributed by atoms with Crippen LogP contribution in [-0.4, -0.2) is 21.0 Å². The van der Waals surface area contributed by atoms with Gasteiger partial charge in [0.25, 0.3) is 0 Å². The Bertz CT molecular complexity index is 113. The summed E-state index contributed by atoms with van der Waals surface area (Å²) in [5.74, 6) is 1.80. The van der Waals surface area contributed by atoms with Crippen molar-refractivity contribution in [1.29, 1.82) is 0 Å². The van der Waals surface area contributed by atoms with Crippen LogP contribution in [0.5, 0.6) is 0 Å². The standard InChI is InChI=1S/C5H13B2N3/c1-4-6-9-7-10-8-5(2)3/h4-7,9H,1H2,2-3H3/b10-8+. The molecule has 0 aliphatic heterocycles. The molecule has 3 nitrogen and oxygen atoms in total. The Balaban J connectivity index is 3.10. The highest BCUT2D eigenvalue weighted by Gasteiger charge is 1.86. The van der Waals surface area contributed by atoms with Gasteiger partial charge in [-0.05, 0) is 13.8 Å². The zero-order chi connectivity index (χ0) is 7.82. The first-order valence-electron chi connectivity index (χ1n) is 3.45. The smallest absolute Gasteiger partial charge is 0.359 e. The Labute approximate surface area is 63.5 Å². The van der Waals surface area contributed by atoms with Crippen LogP contribution in [0.15, 0.2) is 22.7 Å². The van der Waals surface area contributed by atoms with Crippen LogP contribution in [0, 0.1) is 0 Å². The zero-order valence-corrected chi connectivity index (χ0v) is 6.67. The molecule has 5 heteroatoms. The summed E-state index contributed by atoms with van der Waals surface area (Å²) in [4.78, 5) is 0. The van der Waals surface area contributed by atoms with E-state index in [0.29, 0.717) is 13.6 Å². The number of hydrogen-bond acceptors (Lipinski definition) is 3. The molecule has 0 heterocycles. The van der Waals surface area contributed by atoms with Crippen molar-refractivity contribution >= 4 is 15.0 Å². The second kappa shape index (κ2) is 6.55. The van der Waals surface area contributed by atoms with Gasteiger partial charge in [0.05, 0.1) is 6.04 Å². The molecule has 0 aromatic rings. The molecule has 0 aliphatic rings. The number of hydrogen-bond donors (Lipinski definition) is 1. The van der Waals surface area contributed by atoms with Gasteiger partial charge >= 0.3 is 7.55 Å². The zero-order valence-electron chi connectivity index (χ0n) is 6.67. The van der Waals surface area contributed by atoms with Crippen molar-refractivity contribution < 1.29 is 0 Å². The molecule has 0 radical (unpaired) electrons. The highest BCUT2D eigenvalue weighted by atomic mass is 15.1. The third-order valence-corrected chi connectivity index (χ3v) is 0.784. The van der Waals surface area contributed by atoms with Gasteiger partial charge in [0.2, 0.25) is 7.41 Å². The third-order valence-electron chi connectivity index (χ3n) is 0.784. The molecule has 0 unspecified atom stereocenters. The summed E-state index contributed by atoms with van der Waals surface area (Å²) in [7, 11) is 1.38. The van der Waals surface area contributed by atoms with Gasteiger partial charge in [-0.2, -0.15) is 0 Å². The second-order valence-corrected chi connectivity index (χ2v) is 2.25. The Hall–Kier alpha value is -0.570. The molecule has 54 valence electrons. The second-order valence-electron chi connectivity index (χ2n) is 2.25. The molecule has 0 aromatic carbocycles. The van der Waals surface area contributed by atoms with Gasteiger partial charge in [0.15, 0.2) is 0 Å². The maximum absolute atomic E-state index is 3.92. The van der Waals surface area contributed by atoms with E-state index in [9.17, 15) is 0 Å². The maximum Gasteiger partial charge on any atom is 0.359 e. The molecule has 0 fully saturated rings. The summed E-state index contributed by atoms with van der Waals surface area (Å²) in [6.45, 7) is 7.55. The van der Waals surface area contributed by atoms with E-state index in [1.807, 2.05) is 13.8 Å². The molecule has 0 aliphatic carbocycles. The lowest BCUT2D eigenvalue weighted by Gasteiger charge is -1.92. The summed E-state index contributed by atoms with van der Waals surface area (Å²) >= 11 is 0. The third kappa shape index (κ3) is 7.43. The SMILES string of the molecule is C=CBNB/N=N/C(C)C. The Kier molecular flexibility index (Phi) is 6.18. The first-order chi connectivity index (χ1) is 4.77. The Morgan fingerprint density at radius 3 is 2.80 bits per heavy atom. The van der Waals surface area contributed by atoms with Crippen molar-refractivity contribution in [3.63, 3.8) is 0 Å². The summed E-state index contributed by atoms with van der Waals surface area (Å²) in [6, 6.07) is 0.297. The topological polar surface area (TPSA) is 36.8 Å². The molecule has 0 saturated carbocycles. The number of nitrogens with zero attached hydrogens (tertiary/aromatic N) is 2. The predicted molar refractivity (Wildman–Crippen MR) is 47.6 cm³/mol. The largest absolute Gasteiger partial charge is 0.378 e. The predicted octanol–water partition coefficient (Wildman–Crippen LogP) is 0.198. The van der Waals surface area contributed by atoms with Crippen molar-refractivity contribution in [1.82, 2.24) is 5.14 Å². The molecule has 0 spiro atoms. The number of nitrogens with one attached hydrogen (secondary N) is 1. The maximum atomic E-state index is 3.92. The van der Waals surface area contributed by atoms with Crippen LogP contribution < -0.4 is 5.14 Å². The van der Waals surface area contributed by atoms with Crippen molar-refractivity contribution in [3.8, 4) is 0 Å². The average molecular weight is 137 g/mol. The summed E-state index contributed by atoms with van der Waals surface area (Å²) in [5.41, 5.74) is 0. The van der Waals surface area contributed by atoms with Gasteiger partial charge in [-0.25, -0.2) is 10.1 Å². The quantitative estimate of drug-likeness (QED) is 0.327. The summed E-state index contributed by atoms with van der Waals surface area (Å²) < 4.78 is 0. The highest BCUT2D eigenvalue weighted by Crippen LogP contribution is 1.84. The van der Waals surface area contributed by atoms with E-state index < -0.39 is 0 Å². The summed E-state index contributed by atoms with van der Waals surface area (Å²) in [5, 5.41) is 10.8. The van der Waals surface area contributed by atoms with E-state index in [1.165, 1.54) is 0 Å². The van der Waals surface area contributed by atoms with E-state index in [-0.39, 0.29) is 0 Å². The molecule has 0 aromatic heterocycles. The molecule has 0 bridgehead atoms. The van der Waals surface area contributed by atoms with E-state index in [0.717, 1.165) is 7.41 Å². The van der Waals surface area contributed by atoms with E-state index in [4.69, 9.17) is 0 Å². The minimum absolute atomic E-state index is 0.297. The Morgan fingerprint density at radius 2 is 2.30 bits per heavy atom. The van der Waals surface area contributed by atoms with Gasteiger partial charge in [-0.15, -0.1) is 12.6 Å². The fourth-order valence-electron chi connectivity index (χ4n) is 0.421. The highest BCUT2D eigenvalue weighted by molar-refractivity contribution is 6.52. The van der Waals surface area contributed by atoms with Crippen LogP contribution in [0.1, 0.15) is 13.8 Å². The lowest BCUT2D eigenvalue weighted by atomic mass is 9.90. The molecule has 0 saturated heterocycles. The van der Waals surface area contributed by atoms with Gasteiger partial charge in [0, 0.05) is 0 Å². The average Bonchev–Trinajstić information content (AvgIpc) is 1.87. The molecular formula is C5H13B2N3. The van der Waals surface area contributed by atoms with Crippen LogP contribution in [0.25, 0.3) is 0 Å². The van der Waals surface area contributed by atoms with Crippen LogP contribution in [-0.2, 0) is 0 Å².